The number of amides is 1. The molecule has 1 N–H and O–H groups in total. The van der Waals surface area contributed by atoms with Crippen molar-refractivity contribution in [2.75, 3.05) is 13.1 Å². The Morgan fingerprint density at radius 1 is 1.56 bits per heavy atom. The Kier molecular flexibility index (Phi) is 2.82. The molecule has 1 fully saturated rings. The minimum Gasteiger partial charge on any atom is -0.386 e. The van der Waals surface area contributed by atoms with Crippen LogP contribution in [0.2, 0.25) is 5.15 Å². The van der Waals surface area contributed by atoms with E-state index < -0.39 is 5.60 Å². The van der Waals surface area contributed by atoms with Gasteiger partial charge in [0, 0.05) is 0 Å². The van der Waals surface area contributed by atoms with Gasteiger partial charge in [0.25, 0.3) is 5.91 Å². The van der Waals surface area contributed by atoms with Gasteiger partial charge in [-0.3, -0.25) is 4.79 Å². The summed E-state index contributed by atoms with van der Waals surface area (Å²) in [4.78, 5) is 13.4. The summed E-state index contributed by atoms with van der Waals surface area (Å²) in [5, 5.41) is 17.3. The van der Waals surface area contributed by atoms with Gasteiger partial charge >= 0.3 is 0 Å². The zero-order valence-electron chi connectivity index (χ0n) is 8.85. The van der Waals surface area contributed by atoms with Crippen molar-refractivity contribution in [3.8, 4) is 0 Å². The lowest BCUT2D eigenvalue weighted by atomic mass is 9.91. The molecule has 0 saturated carbocycles. The lowest BCUT2D eigenvalue weighted by Gasteiger charge is -2.45. The molecule has 1 aliphatic rings. The molecule has 1 amide bonds. The Balaban J connectivity index is 2.03. The molecule has 0 aliphatic carbocycles. The Bertz CT molecular complexity index is 401. The van der Waals surface area contributed by atoms with Crippen LogP contribution < -0.4 is 0 Å². The lowest BCUT2D eigenvalue weighted by Crippen LogP contribution is -2.63. The maximum Gasteiger partial charge on any atom is 0.274 e. The number of carbonyl (C=O) groups excluding carboxylic acids is 1. The summed E-state index contributed by atoms with van der Waals surface area (Å²) in [6.45, 7) is 2.60. The number of likely N-dealkylation sites (tertiary alicyclic amines) is 1. The summed E-state index contributed by atoms with van der Waals surface area (Å²) in [5.41, 5.74) is -0.474. The fourth-order valence-corrected chi connectivity index (χ4v) is 1.72. The number of carbonyl (C=O) groups is 1. The highest BCUT2D eigenvalue weighted by atomic mass is 35.5. The fourth-order valence-electron chi connectivity index (χ4n) is 1.62. The molecule has 16 heavy (non-hydrogen) atoms. The van der Waals surface area contributed by atoms with E-state index in [0.29, 0.717) is 19.5 Å². The summed E-state index contributed by atoms with van der Waals surface area (Å²) in [6.07, 6.45) is 0.642. The van der Waals surface area contributed by atoms with Crippen molar-refractivity contribution in [2.24, 2.45) is 0 Å². The molecule has 1 aromatic rings. The molecule has 1 aromatic heterocycles. The quantitative estimate of drug-likeness (QED) is 0.829. The van der Waals surface area contributed by atoms with E-state index in [-0.39, 0.29) is 16.8 Å². The first-order chi connectivity index (χ1) is 7.54. The van der Waals surface area contributed by atoms with Gasteiger partial charge in [-0.05, 0) is 18.6 Å². The van der Waals surface area contributed by atoms with Crippen molar-refractivity contribution in [3.63, 3.8) is 0 Å². The van der Waals surface area contributed by atoms with Crippen LogP contribution in [0.4, 0.5) is 0 Å². The minimum atomic E-state index is -0.727. The average molecular weight is 242 g/mol. The van der Waals surface area contributed by atoms with Gasteiger partial charge in [-0.15, -0.1) is 10.2 Å². The SMILES string of the molecule is CCC1(O)CN(C(=O)c2ccc(Cl)nn2)C1. The molecular formula is C10H12ClN3O2. The normalized spacial score (nSPS) is 18.1. The number of nitrogens with zero attached hydrogens (tertiary/aromatic N) is 3. The number of halogens is 1. The largest absolute Gasteiger partial charge is 0.386 e. The second-order valence-electron chi connectivity index (χ2n) is 3.98. The highest BCUT2D eigenvalue weighted by Crippen LogP contribution is 2.25. The predicted octanol–water partition coefficient (Wildman–Crippen LogP) is 0.727. The monoisotopic (exact) mass is 241 g/mol. The molecule has 1 aliphatic heterocycles. The van der Waals surface area contributed by atoms with Crippen LogP contribution in [-0.4, -0.2) is 44.8 Å². The molecule has 0 spiro atoms. The molecule has 86 valence electrons. The van der Waals surface area contributed by atoms with E-state index in [1.54, 1.807) is 4.90 Å². The van der Waals surface area contributed by atoms with E-state index >= 15 is 0 Å². The zero-order valence-corrected chi connectivity index (χ0v) is 9.61. The smallest absolute Gasteiger partial charge is 0.274 e. The van der Waals surface area contributed by atoms with Gasteiger partial charge in [-0.1, -0.05) is 18.5 Å². The van der Waals surface area contributed by atoms with Crippen LogP contribution >= 0.6 is 11.6 Å². The van der Waals surface area contributed by atoms with Gasteiger partial charge in [-0.2, -0.15) is 0 Å². The van der Waals surface area contributed by atoms with E-state index in [1.165, 1.54) is 12.1 Å². The number of rotatable bonds is 2. The highest BCUT2D eigenvalue weighted by Gasteiger charge is 2.42. The van der Waals surface area contributed by atoms with Gasteiger partial charge in [0.2, 0.25) is 0 Å². The van der Waals surface area contributed by atoms with Crippen LogP contribution in [0.1, 0.15) is 23.8 Å². The summed E-state index contributed by atoms with van der Waals surface area (Å²) in [7, 11) is 0. The second-order valence-corrected chi connectivity index (χ2v) is 4.37. The van der Waals surface area contributed by atoms with Crippen LogP contribution in [0.25, 0.3) is 0 Å². The molecule has 0 bridgehead atoms. The van der Waals surface area contributed by atoms with Gasteiger partial charge in [-0.25, -0.2) is 0 Å². The molecule has 2 heterocycles. The van der Waals surface area contributed by atoms with Crippen molar-refractivity contribution in [1.29, 1.82) is 0 Å². The predicted molar refractivity (Wildman–Crippen MR) is 58.2 cm³/mol. The van der Waals surface area contributed by atoms with Crippen LogP contribution in [0.15, 0.2) is 12.1 Å². The maximum absolute atomic E-state index is 11.8. The molecule has 1 saturated heterocycles. The van der Waals surface area contributed by atoms with E-state index in [0.717, 1.165) is 0 Å². The van der Waals surface area contributed by atoms with Crippen molar-refractivity contribution in [3.05, 3.63) is 23.0 Å². The molecule has 0 atom stereocenters. The Morgan fingerprint density at radius 2 is 2.25 bits per heavy atom. The van der Waals surface area contributed by atoms with Gasteiger partial charge in [0.15, 0.2) is 10.8 Å². The van der Waals surface area contributed by atoms with E-state index in [2.05, 4.69) is 10.2 Å². The molecule has 5 nitrogen and oxygen atoms in total. The minimum absolute atomic E-state index is 0.220. The third-order valence-corrected chi connectivity index (χ3v) is 2.97. The van der Waals surface area contributed by atoms with Crippen molar-refractivity contribution >= 4 is 17.5 Å². The van der Waals surface area contributed by atoms with Crippen LogP contribution in [-0.2, 0) is 0 Å². The molecule has 0 radical (unpaired) electrons. The summed E-state index contributed by atoms with van der Waals surface area (Å²) in [5.74, 6) is -0.220. The highest BCUT2D eigenvalue weighted by molar-refractivity contribution is 6.29. The Morgan fingerprint density at radius 3 is 2.75 bits per heavy atom. The summed E-state index contributed by atoms with van der Waals surface area (Å²) < 4.78 is 0. The third-order valence-electron chi connectivity index (χ3n) is 2.77. The number of hydrogen-bond acceptors (Lipinski definition) is 4. The van der Waals surface area contributed by atoms with Crippen LogP contribution in [0.5, 0.6) is 0 Å². The van der Waals surface area contributed by atoms with E-state index in [1.807, 2.05) is 6.92 Å². The first-order valence-corrected chi connectivity index (χ1v) is 5.43. The van der Waals surface area contributed by atoms with Crippen LogP contribution in [0.3, 0.4) is 0 Å². The molecule has 2 rings (SSSR count). The van der Waals surface area contributed by atoms with Crippen molar-refractivity contribution in [1.82, 2.24) is 15.1 Å². The first-order valence-electron chi connectivity index (χ1n) is 5.05. The maximum atomic E-state index is 11.8. The number of hydrogen-bond donors (Lipinski definition) is 1. The van der Waals surface area contributed by atoms with Crippen molar-refractivity contribution < 1.29 is 9.90 Å². The van der Waals surface area contributed by atoms with Gasteiger partial charge in [0.1, 0.15) is 0 Å². The number of β-amino-alcohol motifs (C(OH)–C–C–N with tert-alkyl or cyclic N) is 1. The number of aliphatic hydroxyl groups is 1. The molecule has 6 heteroatoms. The van der Waals surface area contributed by atoms with Gasteiger partial charge in [0.05, 0.1) is 18.7 Å². The Hall–Kier alpha value is -1.20. The fraction of sp³-hybridized carbons (Fsp3) is 0.500. The van der Waals surface area contributed by atoms with E-state index in [4.69, 9.17) is 11.6 Å². The van der Waals surface area contributed by atoms with Gasteiger partial charge < -0.3 is 10.0 Å². The van der Waals surface area contributed by atoms with Crippen LogP contribution in [0, 0.1) is 0 Å². The zero-order chi connectivity index (χ0) is 11.8. The topological polar surface area (TPSA) is 66.3 Å². The molecule has 0 aromatic carbocycles. The summed E-state index contributed by atoms with van der Waals surface area (Å²) >= 11 is 5.57. The standard InChI is InChI=1S/C10H12ClN3O2/c1-2-10(16)5-14(6-10)9(15)7-3-4-8(11)13-12-7/h3-4,16H,2,5-6H2,1H3. The summed E-state index contributed by atoms with van der Waals surface area (Å²) in [6, 6.07) is 3.05. The number of aromatic nitrogens is 2. The first kappa shape index (κ1) is 11.3. The average Bonchev–Trinajstić information content (AvgIpc) is 2.25. The lowest BCUT2D eigenvalue weighted by molar-refractivity contribution is -0.0828. The van der Waals surface area contributed by atoms with Crippen molar-refractivity contribution in [2.45, 2.75) is 18.9 Å². The second kappa shape index (κ2) is 3.99. The Labute approximate surface area is 98.0 Å². The molecular weight excluding hydrogens is 230 g/mol. The third kappa shape index (κ3) is 2.01. The van der Waals surface area contributed by atoms with E-state index in [9.17, 15) is 9.90 Å². The molecule has 0 unspecified atom stereocenters.